The number of nitro groups is 1. The van der Waals surface area contributed by atoms with E-state index in [9.17, 15) is 10.1 Å². The molecule has 0 fully saturated rings. The summed E-state index contributed by atoms with van der Waals surface area (Å²) in [5.74, 6) is 0. The minimum Gasteiger partial charge on any atom is -0.375 e. The summed E-state index contributed by atoms with van der Waals surface area (Å²) in [6.07, 6.45) is 1.90. The highest BCUT2D eigenvalue weighted by Gasteiger charge is 2.16. The molecular formula is C12H19N3O2. The molecule has 0 aliphatic rings. The molecule has 0 aliphatic heterocycles. The van der Waals surface area contributed by atoms with Crippen LogP contribution in [-0.4, -0.2) is 17.5 Å². The van der Waals surface area contributed by atoms with Gasteiger partial charge in [-0.15, -0.1) is 0 Å². The highest BCUT2D eigenvalue weighted by molar-refractivity contribution is 5.63. The van der Waals surface area contributed by atoms with Crippen molar-refractivity contribution >= 4 is 11.4 Å². The fourth-order valence-electron chi connectivity index (χ4n) is 1.74. The summed E-state index contributed by atoms with van der Waals surface area (Å²) in [5, 5.41) is 14.0. The van der Waals surface area contributed by atoms with Crippen molar-refractivity contribution in [3.05, 3.63) is 33.9 Å². The molecule has 0 bridgehead atoms. The van der Waals surface area contributed by atoms with Crippen LogP contribution in [-0.2, 0) is 0 Å². The van der Waals surface area contributed by atoms with Crippen molar-refractivity contribution in [3.8, 4) is 0 Å². The molecule has 0 saturated heterocycles. The van der Waals surface area contributed by atoms with Gasteiger partial charge in [0, 0.05) is 18.7 Å². The van der Waals surface area contributed by atoms with E-state index in [4.69, 9.17) is 5.73 Å². The molecule has 94 valence electrons. The predicted molar refractivity (Wildman–Crippen MR) is 69.2 cm³/mol. The number of nitro benzene ring substituents is 1. The number of nitrogens with one attached hydrogen (secondary N) is 1. The third-order valence-corrected chi connectivity index (χ3v) is 2.63. The van der Waals surface area contributed by atoms with E-state index in [0.717, 1.165) is 18.4 Å². The van der Waals surface area contributed by atoms with Crippen molar-refractivity contribution in [2.75, 3.05) is 11.9 Å². The maximum absolute atomic E-state index is 10.9. The Labute approximate surface area is 101 Å². The first-order valence-electron chi connectivity index (χ1n) is 5.80. The first kappa shape index (κ1) is 13.4. The van der Waals surface area contributed by atoms with Gasteiger partial charge in [0.05, 0.1) is 4.92 Å². The lowest BCUT2D eigenvalue weighted by Crippen LogP contribution is -2.28. The molecule has 0 radical (unpaired) electrons. The van der Waals surface area contributed by atoms with Gasteiger partial charge in [-0.05, 0) is 25.0 Å². The second kappa shape index (κ2) is 6.20. The number of hydrogen-bond donors (Lipinski definition) is 2. The van der Waals surface area contributed by atoms with Crippen molar-refractivity contribution in [2.45, 2.75) is 32.7 Å². The fourth-order valence-corrected chi connectivity index (χ4v) is 1.74. The Balaban J connectivity index is 2.94. The summed E-state index contributed by atoms with van der Waals surface area (Å²) in [7, 11) is 0. The number of anilines is 1. The van der Waals surface area contributed by atoms with Gasteiger partial charge in [0.2, 0.25) is 0 Å². The topological polar surface area (TPSA) is 81.2 Å². The molecule has 3 N–H and O–H groups in total. The van der Waals surface area contributed by atoms with Gasteiger partial charge in [-0.1, -0.05) is 19.4 Å². The van der Waals surface area contributed by atoms with Gasteiger partial charge in [-0.3, -0.25) is 10.1 Å². The normalized spacial score (nSPS) is 12.2. The van der Waals surface area contributed by atoms with Gasteiger partial charge in [0.15, 0.2) is 0 Å². The van der Waals surface area contributed by atoms with E-state index in [-0.39, 0.29) is 16.7 Å². The summed E-state index contributed by atoms with van der Waals surface area (Å²) in [5.41, 5.74) is 7.29. The third-order valence-electron chi connectivity index (χ3n) is 2.63. The van der Waals surface area contributed by atoms with E-state index in [0.29, 0.717) is 12.2 Å². The van der Waals surface area contributed by atoms with Crippen LogP contribution < -0.4 is 11.1 Å². The van der Waals surface area contributed by atoms with Crippen molar-refractivity contribution in [1.82, 2.24) is 0 Å². The fraction of sp³-hybridized carbons (Fsp3) is 0.500. The summed E-state index contributed by atoms with van der Waals surface area (Å²) in [6.45, 7) is 4.44. The average Bonchev–Trinajstić information content (AvgIpc) is 2.28. The number of aryl methyl sites for hydroxylation is 1. The number of benzene rings is 1. The van der Waals surface area contributed by atoms with E-state index in [1.165, 1.54) is 6.07 Å². The quantitative estimate of drug-likeness (QED) is 0.588. The van der Waals surface area contributed by atoms with Crippen LogP contribution in [0.15, 0.2) is 18.2 Å². The lowest BCUT2D eigenvalue weighted by Gasteiger charge is -2.17. The van der Waals surface area contributed by atoms with Crippen molar-refractivity contribution < 1.29 is 4.92 Å². The second-order valence-electron chi connectivity index (χ2n) is 4.14. The molecule has 5 nitrogen and oxygen atoms in total. The van der Waals surface area contributed by atoms with E-state index >= 15 is 0 Å². The summed E-state index contributed by atoms with van der Waals surface area (Å²) < 4.78 is 0. The first-order chi connectivity index (χ1) is 8.08. The van der Waals surface area contributed by atoms with Gasteiger partial charge >= 0.3 is 0 Å². The number of rotatable bonds is 6. The van der Waals surface area contributed by atoms with Crippen LogP contribution in [0, 0.1) is 17.0 Å². The molecule has 0 saturated carbocycles. The molecule has 5 heteroatoms. The van der Waals surface area contributed by atoms with Crippen LogP contribution in [0.25, 0.3) is 0 Å². The summed E-state index contributed by atoms with van der Waals surface area (Å²) >= 11 is 0. The number of hydrogen-bond acceptors (Lipinski definition) is 4. The molecule has 0 spiro atoms. The predicted octanol–water partition coefficient (Wildman–Crippen LogP) is 2.44. The second-order valence-corrected chi connectivity index (χ2v) is 4.14. The maximum atomic E-state index is 10.9. The Hall–Kier alpha value is -1.62. The lowest BCUT2D eigenvalue weighted by atomic mass is 10.1. The van der Waals surface area contributed by atoms with Gasteiger partial charge in [0.25, 0.3) is 5.69 Å². The minimum absolute atomic E-state index is 0.0838. The zero-order valence-electron chi connectivity index (χ0n) is 10.3. The number of nitrogens with two attached hydrogens (primary N) is 1. The smallest absolute Gasteiger partial charge is 0.292 e. The molecule has 1 aromatic rings. The van der Waals surface area contributed by atoms with Gasteiger partial charge < -0.3 is 11.1 Å². The van der Waals surface area contributed by atoms with E-state index < -0.39 is 0 Å². The standard InChI is InChI=1S/C12H19N3O2/c1-3-4-10(8-13)14-11-7-9(2)5-6-12(11)15(16)17/h5-7,10,14H,3-4,8,13H2,1-2H3. The Kier molecular flexibility index (Phi) is 4.90. The van der Waals surface area contributed by atoms with E-state index in [2.05, 4.69) is 12.2 Å². The molecule has 0 amide bonds. The summed E-state index contributed by atoms with van der Waals surface area (Å²) in [6, 6.07) is 5.13. The van der Waals surface area contributed by atoms with Crippen LogP contribution in [0.2, 0.25) is 0 Å². The van der Waals surface area contributed by atoms with E-state index in [1.54, 1.807) is 12.1 Å². The molecule has 1 aromatic carbocycles. The van der Waals surface area contributed by atoms with Crippen molar-refractivity contribution in [1.29, 1.82) is 0 Å². The minimum atomic E-state index is -0.374. The molecule has 0 aliphatic carbocycles. The molecule has 17 heavy (non-hydrogen) atoms. The van der Waals surface area contributed by atoms with Gasteiger partial charge in [-0.25, -0.2) is 0 Å². The Morgan fingerprint density at radius 3 is 2.76 bits per heavy atom. The van der Waals surface area contributed by atoms with E-state index in [1.807, 2.05) is 6.92 Å². The Bertz CT molecular complexity index is 393. The average molecular weight is 237 g/mol. The molecule has 1 atom stereocenters. The maximum Gasteiger partial charge on any atom is 0.292 e. The largest absolute Gasteiger partial charge is 0.375 e. The number of nitrogens with zero attached hydrogens (tertiary/aromatic N) is 1. The monoisotopic (exact) mass is 237 g/mol. The Morgan fingerprint density at radius 1 is 1.53 bits per heavy atom. The molecule has 1 rings (SSSR count). The highest BCUT2D eigenvalue weighted by Crippen LogP contribution is 2.26. The van der Waals surface area contributed by atoms with Crippen LogP contribution in [0.1, 0.15) is 25.3 Å². The summed E-state index contributed by atoms with van der Waals surface area (Å²) in [4.78, 5) is 10.5. The van der Waals surface area contributed by atoms with Crippen molar-refractivity contribution in [2.24, 2.45) is 5.73 Å². The lowest BCUT2D eigenvalue weighted by molar-refractivity contribution is -0.384. The molecule has 0 heterocycles. The van der Waals surface area contributed by atoms with Gasteiger partial charge in [-0.2, -0.15) is 0 Å². The Morgan fingerprint density at radius 2 is 2.24 bits per heavy atom. The molecular weight excluding hydrogens is 218 g/mol. The zero-order chi connectivity index (χ0) is 12.8. The van der Waals surface area contributed by atoms with Crippen LogP contribution >= 0.6 is 0 Å². The van der Waals surface area contributed by atoms with Crippen LogP contribution in [0.3, 0.4) is 0 Å². The SMILES string of the molecule is CCCC(CN)Nc1cc(C)ccc1[N+](=O)[O-]. The van der Waals surface area contributed by atoms with Crippen LogP contribution in [0.4, 0.5) is 11.4 Å². The van der Waals surface area contributed by atoms with Crippen LogP contribution in [0.5, 0.6) is 0 Å². The highest BCUT2D eigenvalue weighted by atomic mass is 16.6. The zero-order valence-corrected chi connectivity index (χ0v) is 10.3. The molecule has 1 unspecified atom stereocenters. The third kappa shape index (κ3) is 3.71. The van der Waals surface area contributed by atoms with Gasteiger partial charge in [0.1, 0.15) is 5.69 Å². The first-order valence-corrected chi connectivity index (χ1v) is 5.80. The molecule has 0 aromatic heterocycles. The van der Waals surface area contributed by atoms with Crippen molar-refractivity contribution in [3.63, 3.8) is 0 Å².